The van der Waals surface area contributed by atoms with Crippen molar-refractivity contribution in [2.24, 2.45) is 0 Å². The molecule has 0 saturated heterocycles. The fourth-order valence-electron chi connectivity index (χ4n) is 3.18. The second kappa shape index (κ2) is 9.43. The minimum atomic E-state index is -1.04. The van der Waals surface area contributed by atoms with Gasteiger partial charge in [-0.25, -0.2) is 4.79 Å². The Balaban J connectivity index is 1.71. The van der Waals surface area contributed by atoms with Gasteiger partial charge in [-0.1, -0.05) is 29.8 Å². The van der Waals surface area contributed by atoms with E-state index in [0.29, 0.717) is 17.9 Å². The van der Waals surface area contributed by atoms with Gasteiger partial charge in [-0.2, -0.15) is 5.10 Å². The normalized spacial score (nSPS) is 12.1. The van der Waals surface area contributed by atoms with E-state index in [1.807, 2.05) is 18.5 Å². The molecule has 1 N–H and O–H groups in total. The van der Waals surface area contributed by atoms with Gasteiger partial charge in [0.1, 0.15) is 5.75 Å². The van der Waals surface area contributed by atoms with Crippen LogP contribution in [0.4, 0.5) is 0 Å². The van der Waals surface area contributed by atoms with Crippen LogP contribution in [-0.2, 0) is 11.3 Å². The van der Waals surface area contributed by atoms with Crippen LogP contribution in [0.25, 0.3) is 6.08 Å². The van der Waals surface area contributed by atoms with Gasteiger partial charge >= 0.3 is 5.97 Å². The van der Waals surface area contributed by atoms with E-state index in [0.717, 1.165) is 17.0 Å². The molecule has 1 unspecified atom stereocenters. The lowest BCUT2D eigenvalue weighted by Gasteiger charge is -2.10. The molecule has 0 bridgehead atoms. The highest BCUT2D eigenvalue weighted by Crippen LogP contribution is 2.19. The van der Waals surface area contributed by atoms with Crippen molar-refractivity contribution in [3.8, 4) is 5.75 Å². The molecule has 6 nitrogen and oxygen atoms in total. The molecular weight excluding hydrogens is 392 g/mol. The van der Waals surface area contributed by atoms with Crippen LogP contribution >= 0.6 is 0 Å². The number of benzene rings is 2. The third-order valence-corrected chi connectivity index (χ3v) is 5.09. The van der Waals surface area contributed by atoms with E-state index in [1.54, 1.807) is 30.3 Å². The minimum absolute atomic E-state index is 0.150. The van der Waals surface area contributed by atoms with Gasteiger partial charge in [0.15, 0.2) is 11.9 Å². The first-order chi connectivity index (χ1) is 14.7. The van der Waals surface area contributed by atoms with Crippen LogP contribution in [0.5, 0.6) is 5.75 Å². The highest BCUT2D eigenvalue weighted by molar-refractivity contribution is 6.07. The number of rotatable bonds is 8. The highest BCUT2D eigenvalue weighted by atomic mass is 16.5. The van der Waals surface area contributed by atoms with Crippen molar-refractivity contribution in [1.82, 2.24) is 9.78 Å². The predicted octanol–water partition coefficient (Wildman–Crippen LogP) is 4.60. The molecule has 3 aromatic rings. The molecule has 0 spiro atoms. The number of carboxylic acids is 1. The highest BCUT2D eigenvalue weighted by Gasteiger charge is 2.13. The zero-order valence-corrected chi connectivity index (χ0v) is 18.1. The molecular formula is C25H26N2O4. The van der Waals surface area contributed by atoms with Crippen LogP contribution in [0.3, 0.4) is 0 Å². The van der Waals surface area contributed by atoms with Crippen molar-refractivity contribution in [1.29, 1.82) is 0 Å². The molecule has 0 fully saturated rings. The number of carbonyl (C=O) groups excluding carboxylic acids is 1. The molecule has 1 atom stereocenters. The zero-order chi connectivity index (χ0) is 22.5. The maximum absolute atomic E-state index is 12.6. The van der Waals surface area contributed by atoms with E-state index in [-0.39, 0.29) is 5.78 Å². The summed E-state index contributed by atoms with van der Waals surface area (Å²) in [5, 5.41) is 13.5. The first-order valence-corrected chi connectivity index (χ1v) is 10.1. The number of carbonyl (C=O) groups is 2. The monoisotopic (exact) mass is 418 g/mol. The molecule has 160 valence electrons. The second-order valence-electron chi connectivity index (χ2n) is 7.55. The molecule has 0 aliphatic carbocycles. The number of aromatic nitrogens is 2. The number of hydrogen-bond donors (Lipinski definition) is 1. The van der Waals surface area contributed by atoms with Gasteiger partial charge in [-0.15, -0.1) is 0 Å². The first kappa shape index (κ1) is 22.0. The van der Waals surface area contributed by atoms with E-state index in [2.05, 4.69) is 36.3 Å². The number of aryl methyl sites for hydroxylation is 2. The van der Waals surface area contributed by atoms with Crippen molar-refractivity contribution in [3.63, 3.8) is 0 Å². The Labute approximate surface area is 181 Å². The number of carboxylic acid groups (broad SMARTS) is 1. The van der Waals surface area contributed by atoms with Crippen LogP contribution in [0.15, 0.2) is 54.6 Å². The summed E-state index contributed by atoms with van der Waals surface area (Å²) in [5.74, 6) is -0.792. The van der Waals surface area contributed by atoms with Crippen LogP contribution < -0.4 is 4.74 Å². The quantitative estimate of drug-likeness (QED) is 0.427. The summed E-state index contributed by atoms with van der Waals surface area (Å²) in [4.78, 5) is 23.4. The Bertz CT molecular complexity index is 1110. The average molecular weight is 418 g/mol. The molecule has 1 heterocycles. The largest absolute Gasteiger partial charge is 0.479 e. The molecule has 0 saturated carbocycles. The maximum atomic E-state index is 12.6. The zero-order valence-electron chi connectivity index (χ0n) is 18.1. The van der Waals surface area contributed by atoms with Gasteiger partial charge in [0, 0.05) is 16.8 Å². The molecule has 0 radical (unpaired) electrons. The fourth-order valence-corrected chi connectivity index (χ4v) is 3.18. The van der Waals surface area contributed by atoms with Crippen molar-refractivity contribution in [2.45, 2.75) is 40.3 Å². The smallest absolute Gasteiger partial charge is 0.344 e. The van der Waals surface area contributed by atoms with Gasteiger partial charge in [0.25, 0.3) is 0 Å². The Morgan fingerprint density at radius 1 is 1.06 bits per heavy atom. The summed E-state index contributed by atoms with van der Waals surface area (Å²) in [5.41, 5.74) is 5.66. The SMILES string of the molecule is Cc1ccc(Cn2nc(C)c(/C=C/C(=O)c3ccc(OC(C)C(=O)O)cc3)c2C)cc1. The van der Waals surface area contributed by atoms with Crippen molar-refractivity contribution in [2.75, 3.05) is 0 Å². The van der Waals surface area contributed by atoms with Gasteiger partial charge in [-0.05, 0) is 69.7 Å². The molecule has 3 rings (SSSR count). The van der Waals surface area contributed by atoms with Crippen LogP contribution in [-0.4, -0.2) is 32.7 Å². The van der Waals surface area contributed by atoms with Gasteiger partial charge < -0.3 is 9.84 Å². The first-order valence-electron chi connectivity index (χ1n) is 10.1. The van der Waals surface area contributed by atoms with E-state index in [1.165, 1.54) is 24.1 Å². The molecule has 0 amide bonds. The number of allylic oxidation sites excluding steroid dienone is 1. The second-order valence-corrected chi connectivity index (χ2v) is 7.55. The fraction of sp³-hybridized carbons (Fsp3) is 0.240. The number of aliphatic carboxylic acids is 1. The third kappa shape index (κ3) is 5.48. The number of hydrogen-bond acceptors (Lipinski definition) is 4. The molecule has 31 heavy (non-hydrogen) atoms. The van der Waals surface area contributed by atoms with Crippen molar-refractivity contribution in [3.05, 3.63) is 88.2 Å². The lowest BCUT2D eigenvalue weighted by atomic mass is 10.1. The number of nitrogens with zero attached hydrogens (tertiary/aromatic N) is 2. The van der Waals surface area contributed by atoms with Gasteiger partial charge in [0.05, 0.1) is 12.2 Å². The van der Waals surface area contributed by atoms with Crippen LogP contribution in [0.2, 0.25) is 0 Å². The summed E-state index contributed by atoms with van der Waals surface area (Å²) in [6.45, 7) is 8.11. The topological polar surface area (TPSA) is 81.4 Å². The Morgan fingerprint density at radius 2 is 1.71 bits per heavy atom. The van der Waals surface area contributed by atoms with E-state index in [4.69, 9.17) is 9.84 Å². The van der Waals surface area contributed by atoms with Crippen LogP contribution in [0, 0.1) is 20.8 Å². The number of ketones is 1. The summed E-state index contributed by atoms with van der Waals surface area (Å²) in [7, 11) is 0. The van der Waals surface area contributed by atoms with E-state index < -0.39 is 12.1 Å². The Hall–Kier alpha value is -3.67. The molecule has 0 aliphatic heterocycles. The lowest BCUT2D eigenvalue weighted by Crippen LogP contribution is -2.22. The van der Waals surface area contributed by atoms with Crippen LogP contribution in [0.1, 0.15) is 45.4 Å². The van der Waals surface area contributed by atoms with Gasteiger partial charge in [-0.3, -0.25) is 9.48 Å². The standard InChI is InChI=1S/C25H26N2O4/c1-16-5-7-20(8-6-16)15-27-18(3)23(17(2)26-27)13-14-24(28)21-9-11-22(12-10-21)31-19(4)25(29)30/h5-14,19H,15H2,1-4H3,(H,29,30)/b14-13+. The summed E-state index contributed by atoms with van der Waals surface area (Å²) in [6, 6.07) is 14.8. The lowest BCUT2D eigenvalue weighted by molar-refractivity contribution is -0.144. The summed E-state index contributed by atoms with van der Waals surface area (Å²) < 4.78 is 7.23. The molecule has 6 heteroatoms. The molecule has 2 aromatic carbocycles. The molecule has 1 aromatic heterocycles. The van der Waals surface area contributed by atoms with E-state index in [9.17, 15) is 9.59 Å². The summed E-state index contributed by atoms with van der Waals surface area (Å²) in [6.07, 6.45) is 2.37. The molecule has 0 aliphatic rings. The maximum Gasteiger partial charge on any atom is 0.344 e. The Morgan fingerprint density at radius 3 is 2.32 bits per heavy atom. The van der Waals surface area contributed by atoms with Crippen molar-refractivity contribution >= 4 is 17.8 Å². The third-order valence-electron chi connectivity index (χ3n) is 5.09. The number of ether oxygens (including phenoxy) is 1. The van der Waals surface area contributed by atoms with Crippen molar-refractivity contribution < 1.29 is 19.4 Å². The average Bonchev–Trinajstić information content (AvgIpc) is 3.01. The van der Waals surface area contributed by atoms with Gasteiger partial charge in [0.2, 0.25) is 0 Å². The predicted molar refractivity (Wildman–Crippen MR) is 120 cm³/mol. The minimum Gasteiger partial charge on any atom is -0.479 e. The Kier molecular flexibility index (Phi) is 6.70. The summed E-state index contributed by atoms with van der Waals surface area (Å²) >= 11 is 0. The van der Waals surface area contributed by atoms with E-state index >= 15 is 0 Å².